The number of aromatic amines is 1. The van der Waals surface area contributed by atoms with Crippen LogP contribution in [-0.4, -0.2) is 59.1 Å². The van der Waals surface area contributed by atoms with E-state index in [0.29, 0.717) is 0 Å². The first-order valence-corrected chi connectivity index (χ1v) is 13.7. The Morgan fingerprint density at radius 1 is 1.21 bits per heavy atom. The maximum absolute atomic E-state index is 12.4. The van der Waals surface area contributed by atoms with E-state index in [-0.39, 0.29) is 18.5 Å². The zero-order chi connectivity index (χ0) is 26.2. The summed E-state index contributed by atoms with van der Waals surface area (Å²) >= 11 is 0. The van der Waals surface area contributed by atoms with Gasteiger partial charge in [0.05, 0.1) is 18.3 Å². The van der Waals surface area contributed by atoms with Gasteiger partial charge in [0, 0.05) is 19.2 Å². The molecule has 5 atom stereocenters. The number of ether oxygens (including phenoxy) is 1. The number of hydrogen-bond donors (Lipinski definition) is 7. The molecular formula is C14H24N3O14P3. The molecule has 0 aliphatic carbocycles. The van der Waals surface area contributed by atoms with Crippen molar-refractivity contribution < 1.29 is 56.3 Å². The number of hydrogen-bond acceptors (Lipinski definition) is 11. The Labute approximate surface area is 191 Å². The van der Waals surface area contributed by atoms with Gasteiger partial charge in [-0.15, -0.1) is 0 Å². The van der Waals surface area contributed by atoms with Crippen molar-refractivity contribution in [3.8, 4) is 0 Å². The minimum atomic E-state index is -5.73. The van der Waals surface area contributed by atoms with Crippen LogP contribution in [0.3, 0.4) is 0 Å². The second-order valence-electron chi connectivity index (χ2n) is 7.53. The van der Waals surface area contributed by atoms with Crippen LogP contribution >= 0.6 is 23.5 Å². The van der Waals surface area contributed by atoms with Crippen molar-refractivity contribution in [2.24, 2.45) is 5.73 Å². The summed E-state index contributed by atoms with van der Waals surface area (Å²) in [5, 5.41) is 10.5. The Balaban J connectivity index is 2.25. The summed E-state index contributed by atoms with van der Waals surface area (Å²) in [6, 6.07) is 0. The summed E-state index contributed by atoms with van der Waals surface area (Å²) in [6.45, 7) is 1.76. The highest BCUT2D eigenvalue weighted by atomic mass is 31.3. The molecule has 0 bridgehead atoms. The van der Waals surface area contributed by atoms with Gasteiger partial charge in [-0.2, -0.15) is 8.62 Å². The Morgan fingerprint density at radius 2 is 1.82 bits per heavy atom. The van der Waals surface area contributed by atoms with Crippen LogP contribution in [0.1, 0.15) is 25.8 Å². The predicted octanol–water partition coefficient (Wildman–Crippen LogP) is -0.936. The van der Waals surface area contributed by atoms with Crippen molar-refractivity contribution in [3.05, 3.63) is 38.7 Å². The Hall–Kier alpha value is -1.29. The number of aliphatic hydroxyl groups is 1. The lowest BCUT2D eigenvalue weighted by atomic mass is 9.98. The van der Waals surface area contributed by atoms with Crippen LogP contribution < -0.4 is 17.0 Å². The van der Waals surface area contributed by atoms with E-state index in [1.807, 2.05) is 0 Å². The molecule has 2 rings (SSSR count). The summed E-state index contributed by atoms with van der Waals surface area (Å²) in [5.74, 6) is 0. The molecule has 20 heteroatoms. The first-order valence-electron chi connectivity index (χ1n) is 9.21. The maximum atomic E-state index is 12.4. The molecule has 2 heterocycles. The van der Waals surface area contributed by atoms with E-state index in [2.05, 4.69) is 18.1 Å². The summed E-state index contributed by atoms with van der Waals surface area (Å²) < 4.78 is 52.7. The molecule has 0 radical (unpaired) electrons. The molecule has 3 unspecified atom stereocenters. The normalized spacial score (nSPS) is 29.2. The molecule has 1 aromatic rings. The average molecular weight is 551 g/mol. The number of phosphoric acid groups is 3. The van der Waals surface area contributed by atoms with Gasteiger partial charge in [0.1, 0.15) is 11.3 Å². The lowest BCUT2D eigenvalue weighted by molar-refractivity contribution is -0.161. The van der Waals surface area contributed by atoms with Crippen molar-refractivity contribution in [2.75, 3.05) is 13.2 Å². The van der Waals surface area contributed by atoms with E-state index in [1.54, 1.807) is 0 Å². The summed E-state index contributed by atoms with van der Waals surface area (Å²) in [6.07, 6.45) is 2.27. The quantitative estimate of drug-likeness (QED) is 0.173. The monoisotopic (exact) mass is 551 g/mol. The third kappa shape index (κ3) is 7.35. The first-order chi connectivity index (χ1) is 15.3. The number of nitrogens with two attached hydrogens (primary N) is 1. The largest absolute Gasteiger partial charge is 0.490 e. The molecule has 1 aliphatic rings. The van der Waals surface area contributed by atoms with Crippen molar-refractivity contribution >= 4 is 29.5 Å². The van der Waals surface area contributed by atoms with Gasteiger partial charge in [-0.05, 0) is 13.8 Å². The molecule has 0 aromatic carbocycles. The lowest BCUT2D eigenvalue weighted by Crippen LogP contribution is -2.45. The highest BCUT2D eigenvalue weighted by molar-refractivity contribution is 7.66. The van der Waals surface area contributed by atoms with Crippen LogP contribution in [0.15, 0.2) is 21.9 Å². The minimum absolute atomic E-state index is 0.0474. The summed E-state index contributed by atoms with van der Waals surface area (Å²) in [7, 11) is -16.8. The van der Waals surface area contributed by atoms with Crippen molar-refractivity contribution in [3.63, 3.8) is 0 Å². The fraction of sp³-hybridized carbons (Fsp3) is 0.571. The molecule has 194 valence electrons. The van der Waals surface area contributed by atoms with Gasteiger partial charge in [-0.25, -0.2) is 18.5 Å². The van der Waals surface area contributed by atoms with Gasteiger partial charge in [-0.3, -0.25) is 18.9 Å². The Kier molecular flexibility index (Phi) is 8.51. The van der Waals surface area contributed by atoms with Crippen LogP contribution in [-0.2, 0) is 37.3 Å². The van der Waals surface area contributed by atoms with Gasteiger partial charge in [0.15, 0.2) is 0 Å². The third-order valence-corrected chi connectivity index (χ3v) is 8.36. The van der Waals surface area contributed by atoms with E-state index in [1.165, 1.54) is 26.0 Å². The molecule has 17 nitrogen and oxygen atoms in total. The smallest absolute Gasteiger partial charge is 0.390 e. The van der Waals surface area contributed by atoms with Crippen LogP contribution in [0.25, 0.3) is 6.08 Å². The molecule has 0 spiro atoms. The highest BCUT2D eigenvalue weighted by Crippen LogP contribution is 2.66. The van der Waals surface area contributed by atoms with Crippen LogP contribution in [0.4, 0.5) is 0 Å². The fourth-order valence-electron chi connectivity index (χ4n) is 3.12. The second-order valence-corrected chi connectivity index (χ2v) is 11.9. The van der Waals surface area contributed by atoms with Gasteiger partial charge in [0.25, 0.3) is 5.56 Å². The van der Waals surface area contributed by atoms with E-state index < -0.39 is 58.8 Å². The minimum Gasteiger partial charge on any atom is -0.390 e. The number of nitrogens with one attached hydrogen (secondary N) is 1. The average Bonchev–Trinajstić information content (AvgIpc) is 2.86. The number of aliphatic hydroxyl groups excluding tert-OH is 1. The number of aromatic nitrogens is 2. The standard InChI is InChI=1S/C14H24N3O14P3/c1-13(8-28-33(24,25)31-34(26,27)30-32(21,22)23)10(18)6-14(2,29-13)17-7-9(4-3-5-15)11(19)16-12(17)20/h3-4,7,10,18H,5-6,8,15H2,1-2H3,(H,24,25)(H,26,27)(H,16,19,20)(H2,21,22,23)/b4-3+/t10?,13-,14-/m1/s1. The highest BCUT2D eigenvalue weighted by Gasteiger charge is 2.53. The zero-order valence-electron chi connectivity index (χ0n) is 17.7. The van der Waals surface area contributed by atoms with Crippen molar-refractivity contribution in [2.45, 2.75) is 37.7 Å². The van der Waals surface area contributed by atoms with Crippen LogP contribution in [0.2, 0.25) is 0 Å². The van der Waals surface area contributed by atoms with E-state index in [4.69, 9.17) is 20.3 Å². The number of H-pyrrole nitrogens is 1. The van der Waals surface area contributed by atoms with Crippen molar-refractivity contribution in [1.29, 1.82) is 0 Å². The van der Waals surface area contributed by atoms with Gasteiger partial charge < -0.3 is 35.2 Å². The molecule has 34 heavy (non-hydrogen) atoms. The molecule has 1 aliphatic heterocycles. The van der Waals surface area contributed by atoms with Gasteiger partial charge in [-0.1, -0.05) is 12.2 Å². The Morgan fingerprint density at radius 3 is 2.38 bits per heavy atom. The third-order valence-electron chi connectivity index (χ3n) is 4.57. The molecule has 0 amide bonds. The number of rotatable bonds is 10. The second kappa shape index (κ2) is 9.99. The topological polar surface area (TPSA) is 270 Å². The first kappa shape index (κ1) is 28.9. The number of nitrogens with zero attached hydrogens (tertiary/aromatic N) is 1. The molecule has 1 fully saturated rings. The van der Waals surface area contributed by atoms with Crippen molar-refractivity contribution in [1.82, 2.24) is 9.55 Å². The van der Waals surface area contributed by atoms with Crippen LogP contribution in [0.5, 0.6) is 0 Å². The molecule has 8 N–H and O–H groups in total. The molecule has 1 aromatic heterocycles. The molecule has 1 saturated heterocycles. The maximum Gasteiger partial charge on any atom is 0.490 e. The molecular weight excluding hydrogens is 527 g/mol. The summed E-state index contributed by atoms with van der Waals surface area (Å²) in [4.78, 5) is 62.4. The fourth-order valence-corrected chi connectivity index (χ4v) is 6.24. The van der Waals surface area contributed by atoms with E-state index >= 15 is 0 Å². The van der Waals surface area contributed by atoms with E-state index in [0.717, 1.165) is 10.8 Å². The number of phosphoric ester groups is 1. The summed E-state index contributed by atoms with van der Waals surface area (Å²) in [5.41, 5.74) is 0.416. The van der Waals surface area contributed by atoms with Crippen LogP contribution in [0, 0.1) is 0 Å². The molecule has 0 saturated carbocycles. The van der Waals surface area contributed by atoms with Gasteiger partial charge in [0.2, 0.25) is 0 Å². The van der Waals surface area contributed by atoms with Gasteiger partial charge >= 0.3 is 29.2 Å². The van der Waals surface area contributed by atoms with E-state index in [9.17, 15) is 38.2 Å². The SMILES string of the molecule is C[C@]1(COP(=O)(O)OP(=O)(O)OP(=O)(O)O)O[C@@](C)(n2cc(/C=C/CN)c(=O)[nH]c2=O)CC1O. The predicted molar refractivity (Wildman–Crippen MR) is 113 cm³/mol. The zero-order valence-corrected chi connectivity index (χ0v) is 20.4. The lowest BCUT2D eigenvalue weighted by Gasteiger charge is -2.32. The Bertz CT molecular complexity index is 1210.